The SMILES string of the molecule is CSCC[C@H](NC(=O)[C@@H](N)CC(C)C)C(=O)N[C@@H](CC(N)=O)C(=O)N[C@@H](CCC(N)=O)C(=O)N[C@@H](Cc1cnc[nH]1)C(=O)N[C@@H](CCC(N)=O)C(=O)N[C@@H](CC(=O)O)C(=O)N1CCC[C@H]1C(=O)N[C@@H](CC(C)C)C(=O)O. The number of likely N-dealkylation sites (tertiary alicyclic amines) is 1. The maximum atomic E-state index is 14.3. The molecule has 1 aromatic rings. The molecule has 0 aliphatic carbocycles. The highest BCUT2D eigenvalue weighted by Crippen LogP contribution is 2.21. The number of nitrogens with zero attached hydrogens (tertiary/aromatic N) is 2. The number of hydrogen-bond acceptors (Lipinski definition) is 16. The summed E-state index contributed by atoms with van der Waals surface area (Å²) in [5.74, 6) is -13.6. The summed E-state index contributed by atoms with van der Waals surface area (Å²) < 4.78 is 0. The molecule has 30 heteroatoms. The topological polar surface area (TPSA) is 483 Å². The Bertz CT molecular complexity index is 2230. The number of carbonyl (C=O) groups is 13. The van der Waals surface area contributed by atoms with Crippen molar-refractivity contribution in [1.29, 1.82) is 0 Å². The molecule has 0 aromatic carbocycles. The zero-order valence-corrected chi connectivity index (χ0v) is 44.0. The fourth-order valence-corrected chi connectivity index (χ4v) is 8.42. The molecule has 0 spiro atoms. The van der Waals surface area contributed by atoms with E-state index in [1.165, 1.54) is 24.3 Å². The molecule has 1 aliphatic heterocycles. The molecule has 1 aliphatic rings. The highest BCUT2D eigenvalue weighted by atomic mass is 32.2. The Balaban J connectivity index is 2.48. The van der Waals surface area contributed by atoms with Crippen molar-refractivity contribution in [2.24, 2.45) is 34.8 Å². The van der Waals surface area contributed by atoms with E-state index in [2.05, 4.69) is 47.2 Å². The number of carboxylic acids is 2. The van der Waals surface area contributed by atoms with Gasteiger partial charge in [-0.3, -0.25) is 57.5 Å². The lowest BCUT2D eigenvalue weighted by Gasteiger charge is -2.30. The Morgan fingerprint density at radius 2 is 1.13 bits per heavy atom. The Morgan fingerprint density at radius 1 is 0.645 bits per heavy atom. The molecule has 29 nitrogen and oxygen atoms in total. The van der Waals surface area contributed by atoms with Gasteiger partial charge in [-0.05, 0) is 68.8 Å². The predicted molar refractivity (Wildman–Crippen MR) is 271 cm³/mol. The summed E-state index contributed by atoms with van der Waals surface area (Å²) >= 11 is 1.35. The van der Waals surface area contributed by atoms with E-state index in [9.17, 15) is 72.5 Å². The van der Waals surface area contributed by atoms with E-state index in [0.717, 1.165) is 4.90 Å². The van der Waals surface area contributed by atoms with Gasteiger partial charge in [-0.25, -0.2) is 9.78 Å². The molecule has 18 N–H and O–H groups in total. The molecule has 9 atom stereocenters. The smallest absolute Gasteiger partial charge is 0.326 e. The minimum absolute atomic E-state index is 0.0371. The van der Waals surface area contributed by atoms with E-state index in [4.69, 9.17) is 22.9 Å². The van der Waals surface area contributed by atoms with Crippen LogP contribution in [0.4, 0.5) is 0 Å². The number of H-pyrrole nitrogens is 1. The van der Waals surface area contributed by atoms with Gasteiger partial charge in [0.25, 0.3) is 0 Å². The second-order valence-electron chi connectivity index (χ2n) is 19.2. The van der Waals surface area contributed by atoms with Gasteiger partial charge in [-0.15, -0.1) is 0 Å². The zero-order chi connectivity index (χ0) is 57.4. The molecule has 1 fully saturated rings. The number of thioether (sulfide) groups is 1. The summed E-state index contributed by atoms with van der Waals surface area (Å²) in [7, 11) is 0. The molecule has 424 valence electrons. The van der Waals surface area contributed by atoms with E-state index < -0.39 is 176 Å². The Kier molecular flexibility index (Phi) is 27.4. The van der Waals surface area contributed by atoms with Crippen molar-refractivity contribution in [2.75, 3.05) is 18.6 Å². The van der Waals surface area contributed by atoms with Gasteiger partial charge in [-0.1, -0.05) is 27.7 Å². The quantitative estimate of drug-likeness (QED) is 0.0304. The van der Waals surface area contributed by atoms with Gasteiger partial charge in [0, 0.05) is 37.7 Å². The lowest BCUT2D eigenvalue weighted by molar-refractivity contribution is -0.147. The number of nitrogens with one attached hydrogen (secondary N) is 8. The molecule has 76 heavy (non-hydrogen) atoms. The maximum Gasteiger partial charge on any atom is 0.326 e. The third kappa shape index (κ3) is 23.0. The summed E-state index contributed by atoms with van der Waals surface area (Å²) in [5.41, 5.74) is 22.5. The number of carbonyl (C=O) groups excluding carboxylic acids is 11. The number of aliphatic carboxylic acids is 2. The predicted octanol–water partition coefficient (Wildman–Crippen LogP) is -4.52. The van der Waals surface area contributed by atoms with Crippen LogP contribution in [0, 0.1) is 11.8 Å². The Labute approximate surface area is 442 Å². The summed E-state index contributed by atoms with van der Waals surface area (Å²) in [4.78, 5) is 178. The number of rotatable bonds is 35. The van der Waals surface area contributed by atoms with Crippen LogP contribution >= 0.6 is 11.8 Å². The highest BCUT2D eigenvalue weighted by Gasteiger charge is 2.41. The van der Waals surface area contributed by atoms with Gasteiger partial charge in [0.2, 0.25) is 65.0 Å². The molecule has 0 unspecified atom stereocenters. The fraction of sp³-hybridized carbons (Fsp3) is 0.652. The van der Waals surface area contributed by atoms with Crippen LogP contribution < -0.4 is 60.2 Å². The van der Waals surface area contributed by atoms with Gasteiger partial charge >= 0.3 is 11.9 Å². The number of carboxylic acid groups (broad SMARTS) is 2. The van der Waals surface area contributed by atoms with Gasteiger partial charge in [0.05, 0.1) is 25.2 Å². The van der Waals surface area contributed by atoms with Crippen molar-refractivity contribution in [3.8, 4) is 0 Å². The lowest BCUT2D eigenvalue weighted by atomic mass is 10.0. The maximum absolute atomic E-state index is 14.3. The van der Waals surface area contributed by atoms with Crippen LogP contribution in [-0.4, -0.2) is 175 Å². The second kappa shape index (κ2) is 32.2. The van der Waals surface area contributed by atoms with Gasteiger partial charge < -0.3 is 80.2 Å². The second-order valence-corrected chi connectivity index (χ2v) is 20.1. The van der Waals surface area contributed by atoms with Crippen LogP contribution in [0.2, 0.25) is 0 Å². The standard InChI is InChI=1S/C46H74N14O15S/c1-22(2)15-25(47)38(66)53-28(12-14-76-5)41(69)57-30(18-36(50)63)43(71)55-26(8-10-34(48)61)39(67)56-29(17-24-20-51-21-52-24)42(70)54-27(9-11-35(49)62)40(68)58-31(19-37(64)65)45(73)60-13-6-7-33(60)44(72)59-32(46(74)75)16-23(3)4/h20-23,25-33H,6-19,47H2,1-5H3,(H2,48,61)(H2,49,62)(H2,50,63)(H,51,52)(H,53,66)(H,54,70)(H,55,71)(H,56,67)(H,57,69)(H,58,68)(H,59,72)(H,64,65)(H,74,75)/t25-,26-,27-,28-,29-,30-,31-,32-,33-/m0/s1. The van der Waals surface area contributed by atoms with Crippen molar-refractivity contribution >= 4 is 88.7 Å². The van der Waals surface area contributed by atoms with Gasteiger partial charge in [0.1, 0.15) is 48.3 Å². The third-order valence-corrected chi connectivity index (χ3v) is 12.4. The molecule has 2 rings (SSSR count). The number of aromatic amines is 1. The minimum Gasteiger partial charge on any atom is -0.481 e. The molecule has 2 heterocycles. The molecule has 0 bridgehead atoms. The van der Waals surface area contributed by atoms with Crippen LogP contribution in [0.5, 0.6) is 0 Å². The van der Waals surface area contributed by atoms with Crippen molar-refractivity contribution < 1.29 is 72.5 Å². The Morgan fingerprint density at radius 3 is 1.61 bits per heavy atom. The van der Waals surface area contributed by atoms with Gasteiger partial charge in [-0.2, -0.15) is 11.8 Å². The molecular weight excluding hydrogens is 1020 g/mol. The van der Waals surface area contributed by atoms with E-state index in [-0.39, 0.29) is 49.8 Å². The largest absolute Gasteiger partial charge is 0.481 e. The molecular formula is C46H74N14O15S. The van der Waals surface area contributed by atoms with Gasteiger partial charge in [0.15, 0.2) is 0 Å². The average molecular weight is 1100 g/mol. The summed E-state index contributed by atoms with van der Waals surface area (Å²) in [6, 6.07) is -13.6. The zero-order valence-electron chi connectivity index (χ0n) is 43.2. The van der Waals surface area contributed by atoms with Crippen molar-refractivity contribution in [1.82, 2.24) is 52.1 Å². The van der Waals surface area contributed by atoms with E-state index in [1.54, 1.807) is 20.1 Å². The first-order valence-corrected chi connectivity index (χ1v) is 26.0. The molecule has 11 amide bonds. The normalized spacial score (nSPS) is 16.3. The molecule has 0 saturated carbocycles. The minimum atomic E-state index is -1.87. The molecule has 1 saturated heterocycles. The Hall–Kier alpha value is -7.37. The molecule has 0 radical (unpaired) electrons. The lowest BCUT2D eigenvalue weighted by Crippen LogP contribution is -2.61. The number of primary amides is 3. The van der Waals surface area contributed by atoms with Crippen LogP contribution in [0.3, 0.4) is 0 Å². The van der Waals surface area contributed by atoms with E-state index in [1.807, 2.05) is 13.8 Å². The summed E-state index contributed by atoms with van der Waals surface area (Å²) in [6.45, 7) is 7.10. The van der Waals surface area contributed by atoms with Crippen molar-refractivity contribution in [3.05, 3.63) is 18.2 Å². The van der Waals surface area contributed by atoms with Crippen molar-refractivity contribution in [2.45, 2.75) is 159 Å². The highest BCUT2D eigenvalue weighted by molar-refractivity contribution is 7.98. The van der Waals surface area contributed by atoms with E-state index in [0.29, 0.717) is 12.2 Å². The first-order chi connectivity index (χ1) is 35.6. The summed E-state index contributed by atoms with van der Waals surface area (Å²) in [6.07, 6.45) is 0.655. The van der Waals surface area contributed by atoms with Crippen LogP contribution in [-0.2, 0) is 68.7 Å². The average Bonchev–Trinajstić information content (AvgIpc) is 4.04. The first-order valence-electron chi connectivity index (χ1n) is 24.6. The van der Waals surface area contributed by atoms with E-state index >= 15 is 0 Å². The number of hydrogen-bond donors (Lipinski definition) is 14. The third-order valence-electron chi connectivity index (χ3n) is 11.7. The van der Waals surface area contributed by atoms with Crippen LogP contribution in [0.1, 0.15) is 104 Å². The van der Waals surface area contributed by atoms with Crippen molar-refractivity contribution in [3.63, 3.8) is 0 Å². The monoisotopic (exact) mass is 1090 g/mol. The van der Waals surface area contributed by atoms with Crippen LogP contribution in [0.15, 0.2) is 12.5 Å². The first kappa shape index (κ1) is 64.7. The molecule has 1 aromatic heterocycles. The summed E-state index contributed by atoms with van der Waals surface area (Å²) in [5, 5.41) is 36.3. The number of amides is 11. The number of aromatic nitrogens is 2. The number of nitrogens with two attached hydrogens (primary N) is 4. The van der Waals surface area contributed by atoms with Crippen LogP contribution in [0.25, 0.3) is 0 Å². The number of imidazole rings is 1. The fourth-order valence-electron chi connectivity index (χ4n) is 7.95.